The Morgan fingerprint density at radius 3 is 2.52 bits per heavy atom. The van der Waals surface area contributed by atoms with E-state index in [1.165, 1.54) is 5.56 Å². The van der Waals surface area contributed by atoms with Crippen molar-refractivity contribution in [3.63, 3.8) is 0 Å². The molecule has 2 rings (SSSR count). The summed E-state index contributed by atoms with van der Waals surface area (Å²) in [6.07, 6.45) is 0.676. The van der Waals surface area contributed by atoms with E-state index in [4.69, 9.17) is 10.00 Å². The Morgan fingerprint density at radius 2 is 1.83 bits per heavy atom. The minimum absolute atomic E-state index is 0.141. The number of hydrogen-bond donors (Lipinski definition) is 1. The largest absolute Gasteiger partial charge is 0.491 e. The van der Waals surface area contributed by atoms with Crippen LogP contribution in [0.3, 0.4) is 0 Å². The number of ether oxygens (including phenoxy) is 1. The molecule has 0 aliphatic rings. The lowest BCUT2D eigenvalue weighted by molar-refractivity contribution is 0.160. The highest BCUT2D eigenvalue weighted by atomic mass is 16.5. The van der Waals surface area contributed by atoms with Crippen LogP contribution in [0, 0.1) is 11.3 Å². The highest BCUT2D eigenvalue weighted by Crippen LogP contribution is 2.22. The lowest BCUT2D eigenvalue weighted by Gasteiger charge is -2.28. The van der Waals surface area contributed by atoms with E-state index >= 15 is 0 Å². The van der Waals surface area contributed by atoms with Gasteiger partial charge in [-0.15, -0.1) is 0 Å². The monoisotopic (exact) mass is 310 g/mol. The lowest BCUT2D eigenvalue weighted by Crippen LogP contribution is -2.29. The standard InChI is InChI=1S/C19H22N2O2/c1-21(18(11-13-22)16-7-3-2-4-8-16)12-14-23-19-10-6-5-9-17(19)15-20/h2-10,18,22H,11-14H2,1H3. The molecule has 4 nitrogen and oxygen atoms in total. The van der Waals surface area contributed by atoms with E-state index < -0.39 is 0 Å². The normalized spacial score (nSPS) is 11.9. The number of aliphatic hydroxyl groups excluding tert-OH is 1. The summed E-state index contributed by atoms with van der Waals surface area (Å²) < 4.78 is 5.74. The van der Waals surface area contributed by atoms with Crippen LogP contribution in [-0.4, -0.2) is 36.8 Å². The van der Waals surface area contributed by atoms with Crippen LogP contribution in [0.2, 0.25) is 0 Å². The minimum atomic E-state index is 0.141. The van der Waals surface area contributed by atoms with Crippen LogP contribution < -0.4 is 4.74 Å². The SMILES string of the molecule is CN(CCOc1ccccc1C#N)C(CCO)c1ccccc1. The van der Waals surface area contributed by atoms with Gasteiger partial charge in [0, 0.05) is 19.2 Å². The molecule has 1 N–H and O–H groups in total. The number of para-hydroxylation sites is 1. The van der Waals surface area contributed by atoms with Gasteiger partial charge < -0.3 is 9.84 Å². The average Bonchev–Trinajstić information content (AvgIpc) is 2.60. The second kappa shape index (κ2) is 8.94. The average molecular weight is 310 g/mol. The van der Waals surface area contributed by atoms with Crippen LogP contribution in [0.15, 0.2) is 54.6 Å². The molecule has 2 aromatic carbocycles. The second-order valence-corrected chi connectivity index (χ2v) is 5.38. The maximum absolute atomic E-state index is 9.32. The molecule has 0 spiro atoms. The van der Waals surface area contributed by atoms with E-state index in [0.29, 0.717) is 30.9 Å². The van der Waals surface area contributed by atoms with Crippen LogP contribution in [0.25, 0.3) is 0 Å². The molecule has 1 atom stereocenters. The molecule has 23 heavy (non-hydrogen) atoms. The quantitative estimate of drug-likeness (QED) is 0.814. The molecule has 0 heterocycles. The van der Waals surface area contributed by atoms with Crippen molar-refractivity contribution in [1.82, 2.24) is 4.90 Å². The van der Waals surface area contributed by atoms with Gasteiger partial charge in [0.25, 0.3) is 0 Å². The van der Waals surface area contributed by atoms with Crippen molar-refractivity contribution in [2.45, 2.75) is 12.5 Å². The first-order valence-corrected chi connectivity index (χ1v) is 7.74. The zero-order valence-corrected chi connectivity index (χ0v) is 13.4. The number of nitriles is 1. The summed E-state index contributed by atoms with van der Waals surface area (Å²) in [7, 11) is 2.02. The van der Waals surface area contributed by atoms with Gasteiger partial charge in [0.2, 0.25) is 0 Å². The van der Waals surface area contributed by atoms with Gasteiger partial charge >= 0.3 is 0 Å². The zero-order chi connectivity index (χ0) is 16.5. The summed E-state index contributed by atoms with van der Waals surface area (Å²) in [5, 5.41) is 18.4. The first kappa shape index (κ1) is 17.0. The van der Waals surface area contributed by atoms with Gasteiger partial charge in [0.15, 0.2) is 0 Å². The van der Waals surface area contributed by atoms with Crippen LogP contribution in [-0.2, 0) is 0 Å². The van der Waals surface area contributed by atoms with Gasteiger partial charge in [-0.25, -0.2) is 0 Å². The molecule has 0 fully saturated rings. The molecule has 2 aromatic rings. The van der Waals surface area contributed by atoms with Crippen molar-refractivity contribution >= 4 is 0 Å². The summed E-state index contributed by atoms with van der Waals surface area (Å²) in [5.41, 5.74) is 1.73. The molecule has 0 aliphatic heterocycles. The number of nitrogens with zero attached hydrogens (tertiary/aromatic N) is 2. The summed E-state index contributed by atoms with van der Waals surface area (Å²) >= 11 is 0. The van der Waals surface area contributed by atoms with Gasteiger partial charge in [0.1, 0.15) is 18.4 Å². The van der Waals surface area contributed by atoms with Gasteiger partial charge in [-0.1, -0.05) is 42.5 Å². The molecular weight excluding hydrogens is 288 g/mol. The molecule has 0 saturated carbocycles. The van der Waals surface area contributed by atoms with E-state index in [0.717, 1.165) is 0 Å². The Kier molecular flexibility index (Phi) is 6.61. The zero-order valence-electron chi connectivity index (χ0n) is 13.4. The molecule has 0 saturated heterocycles. The summed E-state index contributed by atoms with van der Waals surface area (Å²) in [6, 6.07) is 19.7. The third kappa shape index (κ3) is 4.82. The fourth-order valence-corrected chi connectivity index (χ4v) is 2.58. The second-order valence-electron chi connectivity index (χ2n) is 5.38. The molecule has 0 amide bonds. The fraction of sp³-hybridized carbons (Fsp3) is 0.316. The van der Waals surface area contributed by atoms with E-state index in [2.05, 4.69) is 23.1 Å². The van der Waals surface area contributed by atoms with Crippen LogP contribution in [0.5, 0.6) is 5.75 Å². The van der Waals surface area contributed by atoms with Crippen molar-refractivity contribution < 1.29 is 9.84 Å². The highest BCUT2D eigenvalue weighted by Gasteiger charge is 2.16. The van der Waals surface area contributed by atoms with Crippen LogP contribution in [0.4, 0.5) is 0 Å². The maximum Gasteiger partial charge on any atom is 0.137 e. The van der Waals surface area contributed by atoms with Crippen LogP contribution >= 0.6 is 0 Å². The fourth-order valence-electron chi connectivity index (χ4n) is 2.58. The minimum Gasteiger partial charge on any atom is -0.491 e. The Hall–Kier alpha value is -2.35. The van der Waals surface area contributed by atoms with Crippen LogP contribution in [0.1, 0.15) is 23.6 Å². The van der Waals surface area contributed by atoms with Crippen molar-refractivity contribution in [1.29, 1.82) is 5.26 Å². The van der Waals surface area contributed by atoms with E-state index in [9.17, 15) is 5.11 Å². The van der Waals surface area contributed by atoms with Crippen molar-refractivity contribution in [3.05, 3.63) is 65.7 Å². The topological polar surface area (TPSA) is 56.5 Å². The Bertz CT molecular complexity index is 637. The number of likely N-dealkylation sites (N-methyl/N-ethyl adjacent to an activating group) is 1. The molecular formula is C19H22N2O2. The lowest BCUT2D eigenvalue weighted by atomic mass is 10.0. The number of benzene rings is 2. The van der Waals surface area contributed by atoms with E-state index in [-0.39, 0.29) is 12.6 Å². The maximum atomic E-state index is 9.32. The predicted octanol–water partition coefficient (Wildman–Crippen LogP) is 2.99. The predicted molar refractivity (Wildman–Crippen MR) is 90.2 cm³/mol. The summed E-state index contributed by atoms with van der Waals surface area (Å²) in [4.78, 5) is 2.17. The third-order valence-electron chi connectivity index (χ3n) is 3.83. The number of hydrogen-bond acceptors (Lipinski definition) is 4. The van der Waals surface area contributed by atoms with Crippen molar-refractivity contribution in [2.75, 3.05) is 26.8 Å². The third-order valence-corrected chi connectivity index (χ3v) is 3.83. The number of rotatable bonds is 8. The molecule has 120 valence electrons. The molecule has 0 aromatic heterocycles. The van der Waals surface area contributed by atoms with E-state index in [1.807, 2.05) is 37.4 Å². The van der Waals surface area contributed by atoms with E-state index in [1.54, 1.807) is 12.1 Å². The Labute approximate surface area is 137 Å². The van der Waals surface area contributed by atoms with Crippen molar-refractivity contribution in [2.24, 2.45) is 0 Å². The Balaban J connectivity index is 1.94. The summed E-state index contributed by atoms with van der Waals surface area (Å²) in [5.74, 6) is 0.613. The molecule has 0 bridgehead atoms. The van der Waals surface area contributed by atoms with Crippen molar-refractivity contribution in [3.8, 4) is 11.8 Å². The molecule has 0 radical (unpaired) electrons. The molecule has 1 unspecified atom stereocenters. The number of aliphatic hydroxyl groups is 1. The summed E-state index contributed by atoms with van der Waals surface area (Å²) in [6.45, 7) is 1.34. The van der Waals surface area contributed by atoms with Gasteiger partial charge in [-0.2, -0.15) is 5.26 Å². The highest BCUT2D eigenvalue weighted by molar-refractivity contribution is 5.42. The first-order chi connectivity index (χ1) is 11.3. The van der Waals surface area contributed by atoms with Gasteiger partial charge in [0.05, 0.1) is 5.56 Å². The van der Waals surface area contributed by atoms with Gasteiger partial charge in [-0.05, 0) is 31.2 Å². The molecule has 0 aliphatic carbocycles. The first-order valence-electron chi connectivity index (χ1n) is 7.74. The smallest absolute Gasteiger partial charge is 0.137 e. The van der Waals surface area contributed by atoms with Gasteiger partial charge in [-0.3, -0.25) is 4.90 Å². The molecule has 4 heteroatoms. The Morgan fingerprint density at radius 1 is 1.13 bits per heavy atom.